The van der Waals surface area contributed by atoms with Crippen molar-refractivity contribution in [3.63, 3.8) is 0 Å². The summed E-state index contributed by atoms with van der Waals surface area (Å²) in [5, 5.41) is 0. The average molecular weight is 355 g/mol. The number of alkyl halides is 1. The van der Waals surface area contributed by atoms with Crippen LogP contribution in [0.2, 0.25) is 0 Å². The van der Waals surface area contributed by atoms with Crippen molar-refractivity contribution in [3.05, 3.63) is 29.8 Å². The SMILES string of the molecule is COC(=O)/C=C/c1ccc(OCCCCCCCCCl)c(OC)c1. The average Bonchev–Trinajstić information content (AvgIpc) is 2.62. The number of esters is 1. The lowest BCUT2D eigenvalue weighted by Gasteiger charge is -2.11. The molecule has 0 aliphatic rings. The summed E-state index contributed by atoms with van der Waals surface area (Å²) in [6, 6.07) is 5.57. The van der Waals surface area contributed by atoms with E-state index in [9.17, 15) is 4.79 Å². The Morgan fingerprint density at radius 3 is 2.42 bits per heavy atom. The maximum atomic E-state index is 11.1. The van der Waals surface area contributed by atoms with Gasteiger partial charge in [0.2, 0.25) is 0 Å². The Morgan fingerprint density at radius 2 is 1.75 bits per heavy atom. The van der Waals surface area contributed by atoms with Gasteiger partial charge in [0, 0.05) is 12.0 Å². The van der Waals surface area contributed by atoms with Gasteiger partial charge < -0.3 is 14.2 Å². The molecule has 0 bridgehead atoms. The van der Waals surface area contributed by atoms with E-state index in [0.717, 1.165) is 36.5 Å². The second-order valence-corrected chi connectivity index (χ2v) is 5.80. The van der Waals surface area contributed by atoms with Crippen LogP contribution in [0.3, 0.4) is 0 Å². The van der Waals surface area contributed by atoms with Crippen molar-refractivity contribution >= 4 is 23.6 Å². The second-order valence-electron chi connectivity index (χ2n) is 5.43. The summed E-state index contributed by atoms with van der Waals surface area (Å²) in [5.41, 5.74) is 0.851. The third-order valence-electron chi connectivity index (χ3n) is 3.59. The molecule has 0 saturated heterocycles. The molecule has 1 rings (SSSR count). The molecule has 0 aromatic heterocycles. The van der Waals surface area contributed by atoms with E-state index in [-0.39, 0.29) is 5.97 Å². The van der Waals surface area contributed by atoms with E-state index in [4.69, 9.17) is 21.1 Å². The van der Waals surface area contributed by atoms with Gasteiger partial charge in [-0.1, -0.05) is 31.7 Å². The van der Waals surface area contributed by atoms with Crippen LogP contribution >= 0.6 is 11.6 Å². The van der Waals surface area contributed by atoms with Crippen LogP contribution in [0, 0.1) is 0 Å². The molecular weight excluding hydrogens is 328 g/mol. The lowest BCUT2D eigenvalue weighted by atomic mass is 10.1. The highest BCUT2D eigenvalue weighted by atomic mass is 35.5. The van der Waals surface area contributed by atoms with E-state index in [2.05, 4.69) is 4.74 Å². The largest absolute Gasteiger partial charge is 0.493 e. The Hall–Kier alpha value is -1.68. The summed E-state index contributed by atoms with van der Waals surface area (Å²) in [6.07, 6.45) is 9.99. The number of hydrogen-bond donors (Lipinski definition) is 0. The molecule has 0 radical (unpaired) electrons. The third-order valence-corrected chi connectivity index (χ3v) is 3.85. The first-order chi connectivity index (χ1) is 11.7. The Labute approximate surface area is 149 Å². The summed E-state index contributed by atoms with van der Waals surface area (Å²) < 4.78 is 15.7. The van der Waals surface area contributed by atoms with E-state index in [1.54, 1.807) is 13.2 Å². The standard InChI is InChI=1S/C19H27ClO4/c1-22-18-15-16(10-12-19(21)23-2)9-11-17(18)24-14-8-6-4-3-5-7-13-20/h9-12,15H,3-8,13-14H2,1-2H3/b12-10+. The highest BCUT2D eigenvalue weighted by molar-refractivity contribution is 6.17. The molecular formula is C19H27ClO4. The first kappa shape index (κ1) is 20.4. The van der Waals surface area contributed by atoms with Crippen molar-refractivity contribution in [2.24, 2.45) is 0 Å². The predicted molar refractivity (Wildman–Crippen MR) is 98.0 cm³/mol. The molecule has 134 valence electrons. The van der Waals surface area contributed by atoms with E-state index in [0.29, 0.717) is 12.4 Å². The smallest absolute Gasteiger partial charge is 0.330 e. The van der Waals surface area contributed by atoms with Crippen molar-refractivity contribution in [2.75, 3.05) is 26.7 Å². The number of ether oxygens (including phenoxy) is 3. The summed E-state index contributed by atoms with van der Waals surface area (Å²) in [7, 11) is 2.95. The normalized spacial score (nSPS) is 10.8. The van der Waals surface area contributed by atoms with Gasteiger partial charge in [-0.05, 0) is 36.6 Å². The van der Waals surface area contributed by atoms with Crippen molar-refractivity contribution in [2.45, 2.75) is 38.5 Å². The van der Waals surface area contributed by atoms with Crippen LogP contribution < -0.4 is 9.47 Å². The summed E-state index contributed by atoms with van der Waals surface area (Å²) in [5.74, 6) is 1.74. The summed E-state index contributed by atoms with van der Waals surface area (Å²) in [4.78, 5) is 11.1. The topological polar surface area (TPSA) is 44.8 Å². The van der Waals surface area contributed by atoms with Crippen LogP contribution in [-0.2, 0) is 9.53 Å². The van der Waals surface area contributed by atoms with E-state index >= 15 is 0 Å². The first-order valence-corrected chi connectivity index (χ1v) is 8.87. The lowest BCUT2D eigenvalue weighted by molar-refractivity contribution is -0.134. The number of carbonyl (C=O) groups excluding carboxylic acids is 1. The van der Waals surface area contributed by atoms with Gasteiger partial charge in [0.15, 0.2) is 11.5 Å². The van der Waals surface area contributed by atoms with Crippen molar-refractivity contribution in [3.8, 4) is 11.5 Å². The molecule has 0 heterocycles. The summed E-state index contributed by atoms with van der Waals surface area (Å²) in [6.45, 7) is 0.670. The Morgan fingerprint density at radius 1 is 1.04 bits per heavy atom. The van der Waals surface area contributed by atoms with E-state index in [1.807, 2.05) is 18.2 Å². The van der Waals surface area contributed by atoms with Gasteiger partial charge in [-0.2, -0.15) is 0 Å². The van der Waals surface area contributed by atoms with Gasteiger partial charge in [0.25, 0.3) is 0 Å². The van der Waals surface area contributed by atoms with E-state index in [1.165, 1.54) is 32.4 Å². The van der Waals surface area contributed by atoms with Gasteiger partial charge in [-0.3, -0.25) is 0 Å². The third kappa shape index (κ3) is 8.25. The molecule has 0 saturated carbocycles. The maximum absolute atomic E-state index is 11.1. The highest BCUT2D eigenvalue weighted by Crippen LogP contribution is 2.28. The van der Waals surface area contributed by atoms with Crippen molar-refractivity contribution in [1.82, 2.24) is 0 Å². The predicted octanol–water partition coefficient (Wildman–Crippen LogP) is 4.84. The molecule has 5 heteroatoms. The van der Waals surface area contributed by atoms with Gasteiger partial charge in [-0.25, -0.2) is 4.79 Å². The first-order valence-electron chi connectivity index (χ1n) is 8.34. The number of benzene rings is 1. The van der Waals surface area contributed by atoms with Crippen LogP contribution in [0.4, 0.5) is 0 Å². The zero-order valence-corrected chi connectivity index (χ0v) is 15.3. The fourth-order valence-corrected chi connectivity index (χ4v) is 2.41. The molecule has 0 aliphatic heterocycles. The minimum Gasteiger partial charge on any atom is -0.493 e. The molecule has 0 atom stereocenters. The van der Waals surface area contributed by atoms with Crippen LogP contribution in [0.25, 0.3) is 6.08 Å². The van der Waals surface area contributed by atoms with Crippen molar-refractivity contribution < 1.29 is 19.0 Å². The molecule has 0 unspecified atom stereocenters. The van der Waals surface area contributed by atoms with Gasteiger partial charge in [0.1, 0.15) is 0 Å². The van der Waals surface area contributed by atoms with Crippen LogP contribution in [-0.4, -0.2) is 32.7 Å². The number of methoxy groups -OCH3 is 2. The number of halogens is 1. The highest BCUT2D eigenvalue weighted by Gasteiger charge is 2.05. The quantitative estimate of drug-likeness (QED) is 0.233. The Kier molecular flexibility index (Phi) is 10.8. The fourth-order valence-electron chi connectivity index (χ4n) is 2.23. The number of carbonyl (C=O) groups is 1. The number of unbranched alkanes of at least 4 members (excludes halogenated alkanes) is 5. The number of hydrogen-bond acceptors (Lipinski definition) is 4. The zero-order valence-electron chi connectivity index (χ0n) is 14.6. The van der Waals surface area contributed by atoms with Crippen LogP contribution in [0.1, 0.15) is 44.1 Å². The monoisotopic (exact) mass is 354 g/mol. The van der Waals surface area contributed by atoms with Gasteiger partial charge in [-0.15, -0.1) is 11.6 Å². The Balaban J connectivity index is 2.40. The molecule has 24 heavy (non-hydrogen) atoms. The van der Waals surface area contributed by atoms with Gasteiger partial charge in [0.05, 0.1) is 20.8 Å². The molecule has 0 fully saturated rings. The minimum atomic E-state index is -0.389. The molecule has 0 N–H and O–H groups in total. The van der Waals surface area contributed by atoms with E-state index < -0.39 is 0 Å². The van der Waals surface area contributed by atoms with Crippen LogP contribution in [0.15, 0.2) is 24.3 Å². The number of rotatable bonds is 12. The van der Waals surface area contributed by atoms with Crippen molar-refractivity contribution in [1.29, 1.82) is 0 Å². The second kappa shape index (κ2) is 12.7. The fraction of sp³-hybridized carbons (Fsp3) is 0.526. The lowest BCUT2D eigenvalue weighted by Crippen LogP contribution is -1.99. The summed E-state index contributed by atoms with van der Waals surface area (Å²) >= 11 is 5.66. The minimum absolute atomic E-state index is 0.389. The molecule has 0 amide bonds. The molecule has 1 aromatic carbocycles. The molecule has 0 aliphatic carbocycles. The molecule has 4 nitrogen and oxygen atoms in total. The maximum Gasteiger partial charge on any atom is 0.330 e. The molecule has 0 spiro atoms. The molecule has 1 aromatic rings. The Bertz CT molecular complexity index is 514. The van der Waals surface area contributed by atoms with Crippen LogP contribution in [0.5, 0.6) is 11.5 Å². The zero-order chi connectivity index (χ0) is 17.6. The van der Waals surface area contributed by atoms with Gasteiger partial charge >= 0.3 is 5.97 Å².